The highest BCUT2D eigenvalue weighted by molar-refractivity contribution is 6.30. The van der Waals surface area contributed by atoms with Gasteiger partial charge in [-0.2, -0.15) is 0 Å². The smallest absolute Gasteiger partial charge is 0.309 e. The minimum atomic E-state index is -0.806. The second-order valence-electron chi connectivity index (χ2n) is 4.90. The standard InChI is InChI=1S/C14H16ClNO3/c1-8-6-12(8)14(18)19-9(2)13(17)16-11-5-3-4-10(15)7-11/h3-5,7-9,12H,6H2,1-2H3,(H,16,17)/t8-,9+,12-/m1/s1. The Kier molecular flexibility index (Phi) is 4.10. The number of benzene rings is 1. The van der Waals surface area contributed by atoms with Crippen molar-refractivity contribution < 1.29 is 14.3 Å². The zero-order valence-electron chi connectivity index (χ0n) is 10.9. The van der Waals surface area contributed by atoms with Crippen LogP contribution >= 0.6 is 11.6 Å². The molecule has 1 aromatic rings. The number of nitrogens with one attached hydrogen (secondary N) is 1. The van der Waals surface area contributed by atoms with Gasteiger partial charge in [0.2, 0.25) is 0 Å². The predicted molar refractivity (Wildman–Crippen MR) is 72.9 cm³/mol. The van der Waals surface area contributed by atoms with Crippen LogP contribution in [0.25, 0.3) is 0 Å². The van der Waals surface area contributed by atoms with Crippen molar-refractivity contribution in [1.29, 1.82) is 0 Å². The molecule has 0 unspecified atom stereocenters. The molecule has 1 amide bonds. The van der Waals surface area contributed by atoms with Gasteiger partial charge in [-0.05, 0) is 37.5 Å². The van der Waals surface area contributed by atoms with Gasteiger partial charge in [0.15, 0.2) is 6.10 Å². The molecule has 0 saturated heterocycles. The Morgan fingerprint density at radius 2 is 2.16 bits per heavy atom. The summed E-state index contributed by atoms with van der Waals surface area (Å²) in [4.78, 5) is 23.5. The van der Waals surface area contributed by atoms with Crippen LogP contribution in [-0.2, 0) is 14.3 Å². The minimum Gasteiger partial charge on any atom is -0.452 e. The molecule has 1 fully saturated rings. The molecule has 0 heterocycles. The van der Waals surface area contributed by atoms with E-state index in [4.69, 9.17) is 16.3 Å². The Bertz CT molecular complexity index is 503. The van der Waals surface area contributed by atoms with Crippen LogP contribution in [0.3, 0.4) is 0 Å². The van der Waals surface area contributed by atoms with E-state index in [1.807, 2.05) is 6.92 Å². The van der Waals surface area contributed by atoms with Gasteiger partial charge in [0.05, 0.1) is 5.92 Å². The Hall–Kier alpha value is -1.55. The van der Waals surface area contributed by atoms with Crippen LogP contribution in [0.5, 0.6) is 0 Å². The number of amides is 1. The van der Waals surface area contributed by atoms with Crippen LogP contribution in [-0.4, -0.2) is 18.0 Å². The van der Waals surface area contributed by atoms with Gasteiger partial charge in [-0.1, -0.05) is 24.6 Å². The number of rotatable bonds is 4. The molecule has 1 saturated carbocycles. The lowest BCUT2D eigenvalue weighted by molar-refractivity contribution is -0.154. The van der Waals surface area contributed by atoms with Crippen molar-refractivity contribution in [2.75, 3.05) is 5.32 Å². The van der Waals surface area contributed by atoms with Crippen LogP contribution in [0.15, 0.2) is 24.3 Å². The summed E-state index contributed by atoms with van der Waals surface area (Å²) in [6.45, 7) is 3.55. The highest BCUT2D eigenvalue weighted by atomic mass is 35.5. The highest BCUT2D eigenvalue weighted by Gasteiger charge is 2.41. The van der Waals surface area contributed by atoms with E-state index in [1.54, 1.807) is 31.2 Å². The summed E-state index contributed by atoms with van der Waals surface area (Å²) in [6, 6.07) is 6.81. The summed E-state index contributed by atoms with van der Waals surface area (Å²) in [5.41, 5.74) is 0.584. The zero-order valence-corrected chi connectivity index (χ0v) is 11.6. The molecule has 1 N–H and O–H groups in total. The van der Waals surface area contributed by atoms with Gasteiger partial charge in [-0.15, -0.1) is 0 Å². The maximum absolute atomic E-state index is 11.9. The maximum Gasteiger partial charge on any atom is 0.309 e. The SMILES string of the molecule is C[C@H](OC(=O)[C@@H]1C[C@H]1C)C(=O)Nc1cccc(Cl)c1. The lowest BCUT2D eigenvalue weighted by atomic mass is 10.3. The second kappa shape index (κ2) is 5.61. The summed E-state index contributed by atoms with van der Waals surface area (Å²) >= 11 is 5.82. The molecule has 1 aliphatic rings. The van der Waals surface area contributed by atoms with Crippen molar-refractivity contribution in [2.45, 2.75) is 26.4 Å². The van der Waals surface area contributed by atoms with E-state index in [1.165, 1.54) is 0 Å². The van der Waals surface area contributed by atoms with Gasteiger partial charge in [0.1, 0.15) is 0 Å². The largest absolute Gasteiger partial charge is 0.452 e. The van der Waals surface area contributed by atoms with Crippen LogP contribution in [0.4, 0.5) is 5.69 Å². The van der Waals surface area contributed by atoms with Crippen LogP contribution in [0.2, 0.25) is 5.02 Å². The molecule has 0 radical (unpaired) electrons. The molecule has 1 aromatic carbocycles. The molecular weight excluding hydrogens is 266 g/mol. The fourth-order valence-electron chi connectivity index (χ4n) is 1.78. The van der Waals surface area contributed by atoms with Crippen molar-refractivity contribution in [3.63, 3.8) is 0 Å². The first kappa shape index (κ1) is 13.9. The number of esters is 1. The number of ether oxygens (including phenoxy) is 1. The summed E-state index contributed by atoms with van der Waals surface area (Å²) in [5.74, 6) is -0.317. The molecule has 2 rings (SSSR count). The van der Waals surface area contributed by atoms with Crippen molar-refractivity contribution in [1.82, 2.24) is 0 Å². The average Bonchev–Trinajstić information content (AvgIpc) is 3.06. The van der Waals surface area contributed by atoms with Crippen LogP contribution < -0.4 is 5.32 Å². The summed E-state index contributed by atoms with van der Waals surface area (Å²) in [7, 11) is 0. The van der Waals surface area contributed by atoms with Crippen LogP contribution in [0.1, 0.15) is 20.3 Å². The topological polar surface area (TPSA) is 55.4 Å². The van der Waals surface area contributed by atoms with Crippen molar-refractivity contribution >= 4 is 29.2 Å². The molecular formula is C14H16ClNO3. The molecule has 102 valence electrons. The van der Waals surface area contributed by atoms with E-state index in [2.05, 4.69) is 5.32 Å². The molecule has 19 heavy (non-hydrogen) atoms. The Morgan fingerprint density at radius 3 is 2.74 bits per heavy atom. The number of hydrogen-bond acceptors (Lipinski definition) is 3. The molecule has 1 aliphatic carbocycles. The van der Waals surface area contributed by atoms with E-state index >= 15 is 0 Å². The Morgan fingerprint density at radius 1 is 1.47 bits per heavy atom. The number of halogens is 1. The van der Waals surface area contributed by atoms with Crippen molar-refractivity contribution in [2.24, 2.45) is 11.8 Å². The molecule has 0 aliphatic heterocycles. The summed E-state index contributed by atoms with van der Waals surface area (Å²) < 4.78 is 5.12. The molecule has 0 aromatic heterocycles. The first-order valence-corrected chi connectivity index (χ1v) is 6.62. The van der Waals surface area contributed by atoms with Gasteiger partial charge in [-0.3, -0.25) is 9.59 Å². The lowest BCUT2D eigenvalue weighted by Gasteiger charge is -2.13. The number of carbonyl (C=O) groups is 2. The van der Waals surface area contributed by atoms with Crippen LogP contribution in [0, 0.1) is 11.8 Å². The van der Waals surface area contributed by atoms with Gasteiger partial charge >= 0.3 is 5.97 Å². The first-order chi connectivity index (χ1) is 8.97. The monoisotopic (exact) mass is 281 g/mol. The fraction of sp³-hybridized carbons (Fsp3) is 0.429. The van der Waals surface area contributed by atoms with Gasteiger partial charge in [0, 0.05) is 10.7 Å². The molecule has 5 heteroatoms. The van der Waals surface area contributed by atoms with Gasteiger partial charge in [-0.25, -0.2) is 0 Å². The fourth-order valence-corrected chi connectivity index (χ4v) is 1.97. The minimum absolute atomic E-state index is 0.0404. The molecule has 4 nitrogen and oxygen atoms in total. The van der Waals surface area contributed by atoms with E-state index in [0.29, 0.717) is 16.6 Å². The number of anilines is 1. The second-order valence-corrected chi connectivity index (χ2v) is 5.33. The van der Waals surface area contributed by atoms with E-state index in [0.717, 1.165) is 6.42 Å². The Labute approximate surface area is 117 Å². The van der Waals surface area contributed by atoms with Gasteiger partial charge in [0.25, 0.3) is 5.91 Å². The predicted octanol–water partition coefficient (Wildman–Crippen LogP) is 2.87. The lowest BCUT2D eigenvalue weighted by Crippen LogP contribution is -2.30. The summed E-state index contributed by atoms with van der Waals surface area (Å²) in [6.07, 6.45) is 0.0425. The third-order valence-electron chi connectivity index (χ3n) is 3.17. The van der Waals surface area contributed by atoms with Crippen molar-refractivity contribution in [3.8, 4) is 0 Å². The third kappa shape index (κ3) is 3.70. The normalized spacial score (nSPS) is 22.5. The Balaban J connectivity index is 1.87. The van der Waals surface area contributed by atoms with Crippen molar-refractivity contribution in [3.05, 3.63) is 29.3 Å². The molecule has 0 bridgehead atoms. The molecule has 3 atom stereocenters. The maximum atomic E-state index is 11.9. The average molecular weight is 282 g/mol. The zero-order chi connectivity index (χ0) is 14.0. The quantitative estimate of drug-likeness (QED) is 0.864. The first-order valence-electron chi connectivity index (χ1n) is 6.24. The highest BCUT2D eigenvalue weighted by Crippen LogP contribution is 2.38. The van der Waals surface area contributed by atoms with E-state index in [-0.39, 0.29) is 17.8 Å². The molecule has 0 spiro atoms. The van der Waals surface area contributed by atoms with E-state index in [9.17, 15) is 9.59 Å². The number of carbonyl (C=O) groups excluding carboxylic acids is 2. The summed E-state index contributed by atoms with van der Waals surface area (Å²) in [5, 5.41) is 3.19. The van der Waals surface area contributed by atoms with Gasteiger partial charge < -0.3 is 10.1 Å². The third-order valence-corrected chi connectivity index (χ3v) is 3.40. The number of hydrogen-bond donors (Lipinski definition) is 1. The van der Waals surface area contributed by atoms with E-state index < -0.39 is 6.10 Å².